The molecule has 1 aromatic heterocycles. The van der Waals surface area contributed by atoms with Crippen LogP contribution in [0.3, 0.4) is 0 Å². The first-order valence-corrected chi connectivity index (χ1v) is 13.4. The van der Waals surface area contributed by atoms with Gasteiger partial charge in [0.1, 0.15) is 23.2 Å². The van der Waals surface area contributed by atoms with Crippen molar-refractivity contribution in [1.82, 2.24) is 15.1 Å². The quantitative estimate of drug-likeness (QED) is 0.176. The molecule has 0 saturated carbocycles. The third-order valence-corrected chi connectivity index (χ3v) is 6.34. The summed E-state index contributed by atoms with van der Waals surface area (Å²) in [5.74, 6) is -1.65. The molecule has 12 heteroatoms. The number of alkyl carbamates (subject to hydrolysis) is 1. The summed E-state index contributed by atoms with van der Waals surface area (Å²) in [6, 6.07) is 18.4. The van der Waals surface area contributed by atoms with Crippen molar-refractivity contribution in [3.63, 3.8) is 0 Å². The summed E-state index contributed by atoms with van der Waals surface area (Å²) in [6.45, 7) is 5.07. The molecule has 228 valence electrons. The van der Waals surface area contributed by atoms with Gasteiger partial charge in [0.15, 0.2) is 11.5 Å². The highest BCUT2D eigenvalue weighted by Crippen LogP contribution is 2.31. The number of aromatic nitrogens is 2. The van der Waals surface area contributed by atoms with Gasteiger partial charge < -0.3 is 15.2 Å². The molecule has 0 saturated heterocycles. The SMILES string of the molecule is CC(C)(C)OC(=O)NCc1cccc(-n2nc(C(F)(F)F)cc2C(=O)Cc2cc(C(O)c3cccc(C#N)c3)ccc2F)c1. The zero-order chi connectivity index (χ0) is 32.2. The number of hydrogen-bond acceptors (Lipinski definition) is 6. The number of benzene rings is 3. The van der Waals surface area contributed by atoms with Gasteiger partial charge in [0, 0.05) is 19.0 Å². The third kappa shape index (κ3) is 7.87. The minimum Gasteiger partial charge on any atom is -0.444 e. The van der Waals surface area contributed by atoms with Gasteiger partial charge in [-0.05, 0) is 79.4 Å². The number of aliphatic hydroxyl groups is 1. The summed E-state index contributed by atoms with van der Waals surface area (Å²) in [6.07, 6.45) is -7.45. The maximum Gasteiger partial charge on any atom is 0.435 e. The lowest BCUT2D eigenvalue weighted by atomic mass is 9.96. The Balaban J connectivity index is 1.63. The van der Waals surface area contributed by atoms with Gasteiger partial charge in [-0.1, -0.05) is 30.3 Å². The molecule has 44 heavy (non-hydrogen) atoms. The highest BCUT2D eigenvalue weighted by molar-refractivity contribution is 5.96. The first-order valence-electron chi connectivity index (χ1n) is 13.4. The number of amides is 1. The fraction of sp³-hybridized carbons (Fsp3) is 0.250. The molecule has 1 unspecified atom stereocenters. The zero-order valence-corrected chi connectivity index (χ0v) is 23.9. The molecule has 1 atom stereocenters. The number of nitriles is 1. The van der Waals surface area contributed by atoms with E-state index in [1.54, 1.807) is 45.0 Å². The number of ether oxygens (including phenoxy) is 1. The van der Waals surface area contributed by atoms with E-state index in [-0.39, 0.29) is 23.4 Å². The van der Waals surface area contributed by atoms with E-state index in [9.17, 15) is 32.3 Å². The maximum atomic E-state index is 14.8. The molecule has 0 bridgehead atoms. The molecule has 1 amide bonds. The lowest BCUT2D eigenvalue weighted by Gasteiger charge is -2.19. The van der Waals surface area contributed by atoms with Crippen molar-refractivity contribution in [3.8, 4) is 11.8 Å². The van der Waals surface area contributed by atoms with Crippen molar-refractivity contribution in [2.45, 2.75) is 51.6 Å². The predicted molar refractivity (Wildman–Crippen MR) is 151 cm³/mol. The Bertz CT molecular complexity index is 1740. The average Bonchev–Trinajstić information content (AvgIpc) is 3.43. The van der Waals surface area contributed by atoms with E-state index in [1.165, 1.54) is 36.4 Å². The topological polar surface area (TPSA) is 117 Å². The van der Waals surface area contributed by atoms with Gasteiger partial charge in [-0.15, -0.1) is 0 Å². The van der Waals surface area contributed by atoms with E-state index < -0.39 is 53.4 Å². The molecule has 0 aliphatic heterocycles. The monoisotopic (exact) mass is 608 g/mol. The zero-order valence-electron chi connectivity index (χ0n) is 23.9. The molecule has 2 N–H and O–H groups in total. The maximum absolute atomic E-state index is 14.8. The number of rotatable bonds is 8. The summed E-state index contributed by atoms with van der Waals surface area (Å²) in [5.41, 5.74) is -1.16. The predicted octanol–water partition coefficient (Wildman–Crippen LogP) is 6.43. The molecule has 4 aromatic rings. The van der Waals surface area contributed by atoms with Crippen LogP contribution in [0.1, 0.15) is 70.9 Å². The average molecular weight is 609 g/mol. The van der Waals surface area contributed by atoms with Crippen LogP contribution in [-0.4, -0.2) is 32.4 Å². The van der Waals surface area contributed by atoms with E-state index in [1.807, 2.05) is 6.07 Å². The Labute approximate surface area is 250 Å². The summed E-state index contributed by atoms with van der Waals surface area (Å²) in [4.78, 5) is 25.4. The van der Waals surface area contributed by atoms with Crippen LogP contribution in [0, 0.1) is 17.1 Å². The molecule has 4 rings (SSSR count). The first-order chi connectivity index (χ1) is 20.6. The standard InChI is InChI=1S/C32H28F4N4O4/c1-31(2,3)44-30(43)38-18-20-7-5-9-24(13-20)40-26(16-28(39-40)32(34,35)36)27(41)15-23-14-22(10-11-25(23)33)29(42)21-8-4-6-19(12-21)17-37/h4-14,16,29,42H,15,18H2,1-3H3,(H,38,43). The van der Waals surface area contributed by atoms with Gasteiger partial charge in [-0.2, -0.15) is 23.5 Å². The molecule has 0 aliphatic carbocycles. The lowest BCUT2D eigenvalue weighted by molar-refractivity contribution is -0.141. The first kappa shape index (κ1) is 31.9. The number of nitrogens with zero attached hydrogens (tertiary/aromatic N) is 3. The largest absolute Gasteiger partial charge is 0.444 e. The summed E-state index contributed by atoms with van der Waals surface area (Å²) < 4.78 is 61.9. The number of aliphatic hydroxyl groups excluding tert-OH is 1. The molecule has 0 spiro atoms. The van der Waals surface area contributed by atoms with E-state index in [2.05, 4.69) is 10.4 Å². The number of halogens is 4. The van der Waals surface area contributed by atoms with Gasteiger partial charge in [0.2, 0.25) is 0 Å². The fourth-order valence-corrected chi connectivity index (χ4v) is 4.34. The van der Waals surface area contributed by atoms with Crippen molar-refractivity contribution in [2.24, 2.45) is 0 Å². The van der Waals surface area contributed by atoms with Crippen molar-refractivity contribution in [3.05, 3.63) is 118 Å². The lowest BCUT2D eigenvalue weighted by Crippen LogP contribution is -2.32. The van der Waals surface area contributed by atoms with E-state index in [0.717, 1.165) is 10.7 Å². The number of carbonyl (C=O) groups excluding carboxylic acids is 2. The number of hydrogen-bond donors (Lipinski definition) is 2. The van der Waals surface area contributed by atoms with Crippen molar-refractivity contribution >= 4 is 11.9 Å². The Hall–Kier alpha value is -5.02. The molecule has 8 nitrogen and oxygen atoms in total. The molecule has 0 radical (unpaired) electrons. The number of nitrogens with one attached hydrogen (secondary N) is 1. The van der Waals surface area contributed by atoms with Crippen molar-refractivity contribution in [2.75, 3.05) is 0 Å². The highest BCUT2D eigenvalue weighted by atomic mass is 19.4. The Morgan fingerprint density at radius 3 is 2.41 bits per heavy atom. The normalized spacial score (nSPS) is 12.3. The highest BCUT2D eigenvalue weighted by Gasteiger charge is 2.36. The molecule has 0 fully saturated rings. The Morgan fingerprint density at radius 2 is 1.73 bits per heavy atom. The Morgan fingerprint density at radius 1 is 1.02 bits per heavy atom. The number of Topliss-reactive ketones (excluding diaryl/α,β-unsaturated/α-hetero) is 1. The molecule has 0 aliphatic rings. The van der Waals surface area contributed by atoms with Crippen LogP contribution in [0.15, 0.2) is 72.8 Å². The molecular formula is C32H28F4N4O4. The fourth-order valence-electron chi connectivity index (χ4n) is 4.34. The van der Waals surface area contributed by atoms with Crippen molar-refractivity contribution < 1.29 is 37.0 Å². The van der Waals surface area contributed by atoms with Crippen LogP contribution < -0.4 is 5.32 Å². The second-order valence-corrected chi connectivity index (χ2v) is 10.9. The number of alkyl halides is 3. The van der Waals surface area contributed by atoms with E-state index >= 15 is 0 Å². The minimum atomic E-state index is -4.87. The van der Waals surface area contributed by atoms with Crippen molar-refractivity contribution in [1.29, 1.82) is 5.26 Å². The summed E-state index contributed by atoms with van der Waals surface area (Å²) >= 11 is 0. The number of ketones is 1. The Kier molecular flexibility index (Phi) is 9.20. The van der Waals surface area contributed by atoms with Crippen LogP contribution in [0.2, 0.25) is 0 Å². The number of carbonyl (C=O) groups is 2. The second-order valence-electron chi connectivity index (χ2n) is 10.9. The van der Waals surface area contributed by atoms with Gasteiger partial charge in [0.05, 0.1) is 17.3 Å². The molecule has 1 heterocycles. The van der Waals surface area contributed by atoms with E-state index in [0.29, 0.717) is 22.8 Å². The molecule has 3 aromatic carbocycles. The van der Waals surface area contributed by atoms with Crippen LogP contribution in [-0.2, 0) is 23.9 Å². The smallest absolute Gasteiger partial charge is 0.435 e. The van der Waals surface area contributed by atoms with Crippen LogP contribution in [0.25, 0.3) is 5.69 Å². The third-order valence-electron chi connectivity index (χ3n) is 6.34. The van der Waals surface area contributed by atoms with E-state index in [4.69, 9.17) is 10.00 Å². The summed E-state index contributed by atoms with van der Waals surface area (Å²) in [7, 11) is 0. The van der Waals surface area contributed by atoms with Gasteiger partial charge >= 0.3 is 12.3 Å². The van der Waals surface area contributed by atoms with Crippen LogP contribution in [0.5, 0.6) is 0 Å². The summed E-state index contributed by atoms with van der Waals surface area (Å²) in [5, 5.41) is 26.2. The molecular weight excluding hydrogens is 580 g/mol. The second kappa shape index (κ2) is 12.7. The minimum absolute atomic E-state index is 0.0168. The van der Waals surface area contributed by atoms with Crippen LogP contribution in [0.4, 0.5) is 22.4 Å². The van der Waals surface area contributed by atoms with Gasteiger partial charge in [-0.25, -0.2) is 13.9 Å². The van der Waals surface area contributed by atoms with Crippen LogP contribution >= 0.6 is 0 Å². The van der Waals surface area contributed by atoms with Gasteiger partial charge in [-0.3, -0.25) is 4.79 Å². The van der Waals surface area contributed by atoms with Gasteiger partial charge in [0.25, 0.3) is 0 Å².